The van der Waals surface area contributed by atoms with Crippen molar-refractivity contribution in [2.45, 2.75) is 65.0 Å². The lowest BCUT2D eigenvalue weighted by Crippen LogP contribution is -2.61. The zero-order chi connectivity index (χ0) is 13.9. The second-order valence-electron chi connectivity index (χ2n) is 7.00. The number of hydrogen-bond donors (Lipinski definition) is 2. The molecule has 4 atom stereocenters. The molecule has 3 nitrogen and oxygen atoms in total. The maximum atomic E-state index is 5.91. The highest BCUT2D eigenvalue weighted by molar-refractivity contribution is 5.03. The Morgan fingerprint density at radius 3 is 2.47 bits per heavy atom. The quantitative estimate of drug-likeness (QED) is 0.778. The molecule has 0 spiro atoms. The molecule has 0 radical (unpaired) electrons. The average molecular weight is 268 g/mol. The van der Waals surface area contributed by atoms with Gasteiger partial charge in [0.25, 0.3) is 0 Å². The van der Waals surface area contributed by atoms with E-state index in [4.69, 9.17) is 10.5 Å². The third-order valence-electron chi connectivity index (χ3n) is 5.54. The standard InChI is InChI=1S/C16H32N2O/c1-4-19-15-9-14(16(15,2)3)18-11-13-8-6-5-7-12(13)10-17/h12-15,18H,4-11,17H2,1-3H3. The van der Waals surface area contributed by atoms with Gasteiger partial charge in [0.1, 0.15) is 0 Å². The molecule has 0 amide bonds. The fourth-order valence-electron chi connectivity index (χ4n) is 3.87. The van der Waals surface area contributed by atoms with E-state index in [2.05, 4.69) is 26.1 Å². The molecule has 2 fully saturated rings. The molecule has 0 aromatic rings. The van der Waals surface area contributed by atoms with E-state index in [0.29, 0.717) is 12.1 Å². The van der Waals surface area contributed by atoms with E-state index in [1.54, 1.807) is 0 Å². The molecule has 3 N–H and O–H groups in total. The van der Waals surface area contributed by atoms with Gasteiger partial charge in [0.05, 0.1) is 6.10 Å². The topological polar surface area (TPSA) is 47.3 Å². The van der Waals surface area contributed by atoms with Crippen LogP contribution < -0.4 is 11.1 Å². The van der Waals surface area contributed by atoms with Gasteiger partial charge in [-0.15, -0.1) is 0 Å². The van der Waals surface area contributed by atoms with E-state index in [-0.39, 0.29) is 5.41 Å². The van der Waals surface area contributed by atoms with Crippen LogP contribution in [0.25, 0.3) is 0 Å². The summed E-state index contributed by atoms with van der Waals surface area (Å²) < 4.78 is 5.80. The summed E-state index contributed by atoms with van der Waals surface area (Å²) in [5, 5.41) is 3.80. The first kappa shape index (κ1) is 15.3. The molecule has 19 heavy (non-hydrogen) atoms. The van der Waals surface area contributed by atoms with Gasteiger partial charge in [-0.2, -0.15) is 0 Å². The highest BCUT2D eigenvalue weighted by Crippen LogP contribution is 2.43. The van der Waals surface area contributed by atoms with Crippen molar-refractivity contribution < 1.29 is 4.74 Å². The molecule has 2 aliphatic rings. The van der Waals surface area contributed by atoms with E-state index in [1.165, 1.54) is 32.1 Å². The minimum atomic E-state index is 0.281. The number of nitrogens with two attached hydrogens (primary N) is 1. The lowest BCUT2D eigenvalue weighted by Gasteiger charge is -2.52. The van der Waals surface area contributed by atoms with Crippen molar-refractivity contribution in [1.82, 2.24) is 5.32 Å². The van der Waals surface area contributed by atoms with E-state index in [9.17, 15) is 0 Å². The van der Waals surface area contributed by atoms with E-state index < -0.39 is 0 Å². The van der Waals surface area contributed by atoms with Crippen LogP contribution in [-0.4, -0.2) is 31.8 Å². The van der Waals surface area contributed by atoms with Crippen molar-refractivity contribution in [2.24, 2.45) is 23.0 Å². The monoisotopic (exact) mass is 268 g/mol. The van der Waals surface area contributed by atoms with E-state index in [1.807, 2.05) is 0 Å². The molecule has 0 aromatic heterocycles. The summed E-state index contributed by atoms with van der Waals surface area (Å²) in [6, 6.07) is 0.615. The Morgan fingerprint density at radius 2 is 1.89 bits per heavy atom. The summed E-state index contributed by atoms with van der Waals surface area (Å²) in [7, 11) is 0. The Morgan fingerprint density at radius 1 is 1.21 bits per heavy atom. The van der Waals surface area contributed by atoms with Gasteiger partial charge in [-0.3, -0.25) is 0 Å². The highest BCUT2D eigenvalue weighted by Gasteiger charge is 2.48. The molecule has 0 aliphatic heterocycles. The molecule has 0 saturated heterocycles. The van der Waals surface area contributed by atoms with Crippen LogP contribution in [0.4, 0.5) is 0 Å². The first-order chi connectivity index (χ1) is 9.09. The molecule has 112 valence electrons. The summed E-state index contributed by atoms with van der Waals surface area (Å²) in [6.45, 7) is 9.59. The van der Waals surface area contributed by atoms with Crippen LogP contribution >= 0.6 is 0 Å². The average Bonchev–Trinajstić information content (AvgIpc) is 2.42. The Balaban J connectivity index is 1.77. The summed E-state index contributed by atoms with van der Waals surface area (Å²) in [6.07, 6.45) is 7.06. The highest BCUT2D eigenvalue weighted by atomic mass is 16.5. The summed E-state index contributed by atoms with van der Waals surface area (Å²) in [5.74, 6) is 1.54. The normalized spacial score (nSPS) is 37.9. The Hall–Kier alpha value is -0.120. The number of rotatable bonds is 6. The van der Waals surface area contributed by atoms with Gasteiger partial charge in [0.2, 0.25) is 0 Å². The zero-order valence-corrected chi connectivity index (χ0v) is 13.0. The van der Waals surface area contributed by atoms with Crippen molar-refractivity contribution in [1.29, 1.82) is 0 Å². The molecule has 4 unspecified atom stereocenters. The predicted molar refractivity (Wildman–Crippen MR) is 80.1 cm³/mol. The minimum absolute atomic E-state index is 0.281. The largest absolute Gasteiger partial charge is 0.378 e. The first-order valence-corrected chi connectivity index (χ1v) is 8.14. The molecule has 0 bridgehead atoms. The molecular weight excluding hydrogens is 236 g/mol. The minimum Gasteiger partial charge on any atom is -0.378 e. The van der Waals surface area contributed by atoms with E-state index in [0.717, 1.165) is 31.5 Å². The molecule has 2 aliphatic carbocycles. The van der Waals surface area contributed by atoms with Crippen LogP contribution in [0.5, 0.6) is 0 Å². The molecule has 0 heterocycles. The van der Waals surface area contributed by atoms with Crippen LogP contribution in [0.1, 0.15) is 52.9 Å². The van der Waals surface area contributed by atoms with Crippen molar-refractivity contribution in [2.75, 3.05) is 19.7 Å². The van der Waals surface area contributed by atoms with Gasteiger partial charge in [-0.1, -0.05) is 26.7 Å². The van der Waals surface area contributed by atoms with E-state index >= 15 is 0 Å². The van der Waals surface area contributed by atoms with Crippen LogP contribution in [0.15, 0.2) is 0 Å². The van der Waals surface area contributed by atoms with Gasteiger partial charge in [-0.25, -0.2) is 0 Å². The zero-order valence-electron chi connectivity index (χ0n) is 13.0. The van der Waals surface area contributed by atoms with Crippen molar-refractivity contribution >= 4 is 0 Å². The Bertz CT molecular complexity index is 280. The molecule has 2 rings (SSSR count). The second-order valence-corrected chi connectivity index (χ2v) is 7.00. The Labute approximate surface area is 118 Å². The maximum absolute atomic E-state index is 5.91. The number of hydrogen-bond acceptors (Lipinski definition) is 3. The van der Waals surface area contributed by atoms with Crippen LogP contribution in [0, 0.1) is 17.3 Å². The van der Waals surface area contributed by atoms with Crippen molar-refractivity contribution in [3.05, 3.63) is 0 Å². The van der Waals surface area contributed by atoms with Gasteiger partial charge in [-0.05, 0) is 51.1 Å². The number of ether oxygens (including phenoxy) is 1. The molecule has 3 heteroatoms. The van der Waals surface area contributed by atoms with Gasteiger partial charge >= 0.3 is 0 Å². The molecule has 2 saturated carbocycles. The SMILES string of the molecule is CCOC1CC(NCC2CCCCC2CN)C1(C)C. The van der Waals surface area contributed by atoms with Crippen LogP contribution in [0.3, 0.4) is 0 Å². The Kier molecular flexibility index (Phi) is 5.27. The second kappa shape index (κ2) is 6.55. The third kappa shape index (κ3) is 3.32. The van der Waals surface area contributed by atoms with Gasteiger partial charge < -0.3 is 15.8 Å². The van der Waals surface area contributed by atoms with Crippen LogP contribution in [-0.2, 0) is 4.74 Å². The summed E-state index contributed by atoms with van der Waals surface area (Å²) in [5.41, 5.74) is 6.19. The maximum Gasteiger partial charge on any atom is 0.0655 e. The first-order valence-electron chi connectivity index (χ1n) is 8.14. The predicted octanol–water partition coefficient (Wildman–Crippen LogP) is 2.54. The number of nitrogens with one attached hydrogen (secondary N) is 1. The van der Waals surface area contributed by atoms with Gasteiger partial charge in [0.15, 0.2) is 0 Å². The summed E-state index contributed by atoms with van der Waals surface area (Å²) in [4.78, 5) is 0. The van der Waals surface area contributed by atoms with Crippen LogP contribution in [0.2, 0.25) is 0 Å². The third-order valence-corrected chi connectivity index (χ3v) is 5.54. The van der Waals surface area contributed by atoms with Crippen molar-refractivity contribution in [3.63, 3.8) is 0 Å². The fourth-order valence-corrected chi connectivity index (χ4v) is 3.87. The van der Waals surface area contributed by atoms with Gasteiger partial charge in [0, 0.05) is 18.1 Å². The van der Waals surface area contributed by atoms with Crippen molar-refractivity contribution in [3.8, 4) is 0 Å². The molecule has 0 aromatic carbocycles. The fraction of sp³-hybridized carbons (Fsp3) is 1.00. The lowest BCUT2D eigenvalue weighted by atomic mass is 9.64. The summed E-state index contributed by atoms with van der Waals surface area (Å²) >= 11 is 0. The smallest absolute Gasteiger partial charge is 0.0655 e. The lowest BCUT2D eigenvalue weighted by molar-refractivity contribution is -0.115. The molecular formula is C16H32N2O.